The van der Waals surface area contributed by atoms with Gasteiger partial charge in [-0.3, -0.25) is 9.78 Å². The fourth-order valence-corrected chi connectivity index (χ4v) is 3.05. The van der Waals surface area contributed by atoms with E-state index in [0.29, 0.717) is 27.9 Å². The van der Waals surface area contributed by atoms with Gasteiger partial charge in [-0.15, -0.1) is 0 Å². The zero-order chi connectivity index (χ0) is 19.8. The maximum Gasteiger partial charge on any atom is 0.220 e. The van der Waals surface area contributed by atoms with Crippen molar-refractivity contribution in [2.75, 3.05) is 0 Å². The van der Waals surface area contributed by atoms with Gasteiger partial charge in [0, 0.05) is 24.2 Å². The first kappa shape index (κ1) is 17.7. The first-order chi connectivity index (χ1) is 13.5. The molecule has 6 nitrogen and oxygen atoms in total. The van der Waals surface area contributed by atoms with Gasteiger partial charge in [0.15, 0.2) is 17.3 Å². The lowest BCUT2D eigenvalue weighted by Gasteiger charge is -2.10. The number of halogens is 1. The normalized spacial score (nSPS) is 11.0. The number of fused-ring (bicyclic) bond motifs is 1. The quantitative estimate of drug-likeness (QED) is 0.541. The second-order valence-corrected chi connectivity index (χ2v) is 6.31. The van der Waals surface area contributed by atoms with Crippen molar-refractivity contribution in [2.24, 2.45) is 7.05 Å². The lowest BCUT2D eigenvalue weighted by molar-refractivity contribution is 0.103. The molecule has 1 N–H and O–H groups in total. The highest BCUT2D eigenvalue weighted by molar-refractivity contribution is 6.12. The number of ether oxygens (including phenoxy) is 1. The SMILES string of the molecule is Cc1nn(C)c(O)c1C(=O)c1ccc2nccc(Oc3ccccc3F)c2c1. The number of carbonyl (C=O) groups excluding carboxylic acids is 1. The van der Waals surface area contributed by atoms with E-state index < -0.39 is 5.82 Å². The molecule has 2 heterocycles. The van der Waals surface area contributed by atoms with Gasteiger partial charge in [-0.05, 0) is 43.3 Å². The van der Waals surface area contributed by atoms with Crippen LogP contribution in [-0.4, -0.2) is 25.7 Å². The van der Waals surface area contributed by atoms with Crippen molar-refractivity contribution in [1.29, 1.82) is 0 Å². The molecule has 0 aliphatic heterocycles. The Morgan fingerprint density at radius 1 is 1.14 bits per heavy atom. The Hall–Kier alpha value is -3.74. The van der Waals surface area contributed by atoms with E-state index in [1.54, 1.807) is 56.6 Å². The summed E-state index contributed by atoms with van der Waals surface area (Å²) in [6.45, 7) is 1.66. The number of para-hydroxylation sites is 1. The van der Waals surface area contributed by atoms with E-state index in [4.69, 9.17) is 4.74 Å². The molecule has 28 heavy (non-hydrogen) atoms. The summed E-state index contributed by atoms with van der Waals surface area (Å²) >= 11 is 0. The van der Waals surface area contributed by atoms with Gasteiger partial charge >= 0.3 is 0 Å². The smallest absolute Gasteiger partial charge is 0.220 e. The van der Waals surface area contributed by atoms with Crippen LogP contribution in [0.1, 0.15) is 21.6 Å². The Balaban J connectivity index is 1.80. The number of hydrogen-bond donors (Lipinski definition) is 1. The van der Waals surface area contributed by atoms with Crippen molar-refractivity contribution < 1.29 is 19.0 Å². The molecule has 0 aliphatic rings. The molecule has 0 unspecified atom stereocenters. The molecule has 4 aromatic rings. The zero-order valence-corrected chi connectivity index (χ0v) is 15.2. The molecule has 0 aliphatic carbocycles. The third-order valence-corrected chi connectivity index (χ3v) is 4.44. The Labute approximate surface area is 159 Å². The van der Waals surface area contributed by atoms with Crippen LogP contribution in [-0.2, 0) is 7.05 Å². The second-order valence-electron chi connectivity index (χ2n) is 6.31. The number of aryl methyl sites for hydroxylation is 2. The van der Waals surface area contributed by atoms with Crippen LogP contribution in [0.25, 0.3) is 10.9 Å². The highest BCUT2D eigenvalue weighted by atomic mass is 19.1. The van der Waals surface area contributed by atoms with Crippen molar-refractivity contribution in [2.45, 2.75) is 6.92 Å². The number of aromatic nitrogens is 3. The Kier molecular flexibility index (Phi) is 4.27. The van der Waals surface area contributed by atoms with Crippen molar-refractivity contribution in [3.63, 3.8) is 0 Å². The van der Waals surface area contributed by atoms with Gasteiger partial charge in [-0.2, -0.15) is 5.10 Å². The number of aromatic hydroxyl groups is 1. The number of benzene rings is 2. The molecule has 2 aromatic heterocycles. The van der Waals surface area contributed by atoms with E-state index >= 15 is 0 Å². The predicted molar refractivity (Wildman–Crippen MR) is 101 cm³/mol. The molecule has 0 amide bonds. The van der Waals surface area contributed by atoms with Gasteiger partial charge in [-0.1, -0.05) is 12.1 Å². The Morgan fingerprint density at radius 3 is 2.64 bits per heavy atom. The summed E-state index contributed by atoms with van der Waals surface area (Å²) in [5, 5.41) is 14.8. The topological polar surface area (TPSA) is 77.2 Å². The molecule has 0 radical (unpaired) electrons. The highest BCUT2D eigenvalue weighted by Crippen LogP contribution is 2.32. The van der Waals surface area contributed by atoms with Gasteiger partial charge in [0.05, 0.1) is 11.2 Å². The first-order valence-electron chi connectivity index (χ1n) is 8.54. The van der Waals surface area contributed by atoms with Gasteiger partial charge in [0.25, 0.3) is 0 Å². The minimum absolute atomic E-state index is 0.0764. The molecular weight excluding hydrogens is 361 g/mol. The van der Waals surface area contributed by atoms with E-state index in [2.05, 4.69) is 10.1 Å². The third-order valence-electron chi connectivity index (χ3n) is 4.44. The minimum Gasteiger partial charge on any atom is -0.493 e. The number of hydrogen-bond acceptors (Lipinski definition) is 5. The van der Waals surface area contributed by atoms with E-state index in [-0.39, 0.29) is 23.0 Å². The van der Waals surface area contributed by atoms with Gasteiger partial charge < -0.3 is 9.84 Å². The van der Waals surface area contributed by atoms with Crippen molar-refractivity contribution in [3.05, 3.63) is 77.4 Å². The molecule has 0 fully saturated rings. The van der Waals surface area contributed by atoms with Crippen LogP contribution in [0.15, 0.2) is 54.7 Å². The van der Waals surface area contributed by atoms with Crippen LogP contribution in [0, 0.1) is 12.7 Å². The number of pyridine rings is 1. The largest absolute Gasteiger partial charge is 0.493 e. The molecule has 2 aromatic carbocycles. The fourth-order valence-electron chi connectivity index (χ4n) is 3.05. The average Bonchev–Trinajstić information content (AvgIpc) is 2.94. The van der Waals surface area contributed by atoms with Crippen LogP contribution in [0.3, 0.4) is 0 Å². The second kappa shape index (κ2) is 6.77. The standard InChI is InChI=1S/C21H16FN3O3/c1-12-19(21(27)25(2)24-12)20(26)13-7-8-16-14(11-13)17(9-10-23-16)28-18-6-4-3-5-15(18)22/h3-11,27H,1-2H3. The molecular formula is C21H16FN3O3. The molecule has 0 bridgehead atoms. The third kappa shape index (κ3) is 2.96. The maximum atomic E-state index is 14.0. The minimum atomic E-state index is -0.490. The van der Waals surface area contributed by atoms with E-state index in [1.807, 2.05) is 0 Å². The Morgan fingerprint density at radius 2 is 1.93 bits per heavy atom. The summed E-state index contributed by atoms with van der Waals surface area (Å²) in [7, 11) is 1.56. The first-order valence-corrected chi connectivity index (χ1v) is 8.54. The lowest BCUT2D eigenvalue weighted by atomic mass is 10.0. The maximum absolute atomic E-state index is 14.0. The summed E-state index contributed by atoms with van der Waals surface area (Å²) in [4.78, 5) is 17.2. The fraction of sp³-hybridized carbons (Fsp3) is 0.0952. The summed E-state index contributed by atoms with van der Waals surface area (Å²) in [6, 6.07) is 12.6. The van der Waals surface area contributed by atoms with Crippen molar-refractivity contribution in [1.82, 2.24) is 14.8 Å². The van der Waals surface area contributed by atoms with Crippen LogP contribution in [0.5, 0.6) is 17.4 Å². The Bertz CT molecular complexity index is 1220. The summed E-state index contributed by atoms with van der Waals surface area (Å²) in [5.74, 6) is -0.609. The van der Waals surface area contributed by atoms with Crippen LogP contribution in [0.4, 0.5) is 4.39 Å². The molecule has 0 atom stereocenters. The lowest BCUT2D eigenvalue weighted by Crippen LogP contribution is -2.03. The molecule has 0 spiro atoms. The van der Waals surface area contributed by atoms with E-state index in [0.717, 1.165) is 0 Å². The molecule has 4 rings (SSSR count). The van der Waals surface area contributed by atoms with Crippen LogP contribution in [0.2, 0.25) is 0 Å². The van der Waals surface area contributed by atoms with Crippen LogP contribution < -0.4 is 4.74 Å². The molecule has 0 saturated carbocycles. The summed E-state index contributed by atoms with van der Waals surface area (Å²) in [5.41, 5.74) is 1.50. The van der Waals surface area contributed by atoms with Crippen molar-refractivity contribution in [3.8, 4) is 17.4 Å². The average molecular weight is 377 g/mol. The van der Waals surface area contributed by atoms with E-state index in [9.17, 15) is 14.3 Å². The number of nitrogens with zero attached hydrogens (tertiary/aromatic N) is 3. The summed E-state index contributed by atoms with van der Waals surface area (Å²) < 4.78 is 20.9. The highest BCUT2D eigenvalue weighted by Gasteiger charge is 2.22. The monoisotopic (exact) mass is 377 g/mol. The number of rotatable bonds is 4. The number of carbonyl (C=O) groups is 1. The molecule has 0 saturated heterocycles. The van der Waals surface area contributed by atoms with Gasteiger partial charge in [0.1, 0.15) is 11.3 Å². The van der Waals surface area contributed by atoms with Gasteiger partial charge in [-0.25, -0.2) is 9.07 Å². The molecule has 140 valence electrons. The van der Waals surface area contributed by atoms with E-state index in [1.165, 1.54) is 16.8 Å². The number of ketones is 1. The van der Waals surface area contributed by atoms with Crippen LogP contribution >= 0.6 is 0 Å². The van der Waals surface area contributed by atoms with Crippen molar-refractivity contribution >= 4 is 16.7 Å². The van der Waals surface area contributed by atoms with Gasteiger partial charge in [0.2, 0.25) is 5.88 Å². The zero-order valence-electron chi connectivity index (χ0n) is 15.2. The molecule has 7 heteroatoms. The summed E-state index contributed by atoms with van der Waals surface area (Å²) in [6.07, 6.45) is 1.55. The predicted octanol–water partition coefficient (Wildman–Crippen LogP) is 4.14.